The zero-order chi connectivity index (χ0) is 16.3. The van der Waals surface area contributed by atoms with Gasteiger partial charge in [0.2, 0.25) is 0 Å². The van der Waals surface area contributed by atoms with E-state index in [1.807, 2.05) is 0 Å². The van der Waals surface area contributed by atoms with E-state index in [1.54, 1.807) is 0 Å². The highest BCUT2D eigenvalue weighted by Crippen LogP contribution is 2.22. The molecule has 0 radical (unpaired) electrons. The fraction of sp³-hybridized carbons (Fsp3) is 0.333. The number of alkyl halides is 3. The topological polar surface area (TPSA) is 86.7 Å². The molecule has 0 spiro atoms. The van der Waals surface area contributed by atoms with Crippen molar-refractivity contribution in [3.05, 3.63) is 33.9 Å². The highest BCUT2D eigenvalue weighted by atomic mass is 79.9. The Morgan fingerprint density at radius 2 is 1.81 bits per heavy atom. The van der Waals surface area contributed by atoms with Gasteiger partial charge in [-0.3, -0.25) is 8.65 Å². The smallest absolute Gasteiger partial charge is 0.484 e. The summed E-state index contributed by atoms with van der Waals surface area (Å²) in [6, 6.07) is 5.27. The van der Waals surface area contributed by atoms with Crippen molar-refractivity contribution >= 4 is 37.0 Å². The van der Waals surface area contributed by atoms with Crippen LogP contribution in [-0.4, -0.2) is 35.8 Å². The van der Waals surface area contributed by atoms with E-state index < -0.39 is 44.2 Å². The second kappa shape index (κ2) is 7.15. The SMILES string of the molecule is O=S(N([O-])CCOS(=O)(=O)c1ccc(Br)cc1)C(F)(F)F. The molecule has 1 unspecified atom stereocenters. The molecule has 0 saturated heterocycles. The first-order valence-corrected chi connectivity index (χ1v) is 8.43. The molecule has 6 nitrogen and oxygen atoms in total. The maximum atomic E-state index is 12.0. The fourth-order valence-electron chi connectivity index (χ4n) is 1.09. The van der Waals surface area contributed by atoms with E-state index in [1.165, 1.54) is 24.3 Å². The van der Waals surface area contributed by atoms with Crippen LogP contribution in [0.25, 0.3) is 0 Å². The number of halogens is 4. The highest BCUT2D eigenvalue weighted by Gasteiger charge is 2.38. The lowest BCUT2D eigenvalue weighted by Gasteiger charge is -2.26. The quantitative estimate of drug-likeness (QED) is 0.529. The third kappa shape index (κ3) is 5.64. The average molecular weight is 411 g/mol. The predicted octanol–water partition coefficient (Wildman–Crippen LogP) is 2.14. The monoisotopic (exact) mass is 410 g/mol. The lowest BCUT2D eigenvalue weighted by Crippen LogP contribution is -2.33. The maximum Gasteiger partial charge on any atom is 0.484 e. The molecule has 0 aliphatic rings. The Morgan fingerprint density at radius 3 is 2.29 bits per heavy atom. The zero-order valence-electron chi connectivity index (χ0n) is 10.0. The van der Waals surface area contributed by atoms with Crippen LogP contribution in [0.3, 0.4) is 0 Å². The molecule has 0 bridgehead atoms. The number of hydrogen-bond donors (Lipinski definition) is 0. The van der Waals surface area contributed by atoms with Crippen molar-refractivity contribution in [2.45, 2.75) is 10.4 Å². The molecule has 0 amide bonds. The third-order valence-electron chi connectivity index (χ3n) is 2.00. The molecule has 21 heavy (non-hydrogen) atoms. The molecule has 1 aromatic rings. The molecule has 0 aliphatic heterocycles. The van der Waals surface area contributed by atoms with Crippen LogP contribution in [0.4, 0.5) is 13.2 Å². The zero-order valence-corrected chi connectivity index (χ0v) is 13.3. The van der Waals surface area contributed by atoms with Gasteiger partial charge < -0.3 is 5.21 Å². The van der Waals surface area contributed by atoms with Gasteiger partial charge in [-0.1, -0.05) is 15.9 Å². The molecule has 12 heteroatoms. The Kier molecular flexibility index (Phi) is 6.31. The van der Waals surface area contributed by atoms with Gasteiger partial charge in [0, 0.05) is 11.0 Å². The van der Waals surface area contributed by atoms with Crippen molar-refractivity contribution in [2.75, 3.05) is 13.2 Å². The van der Waals surface area contributed by atoms with Crippen molar-refractivity contribution in [1.29, 1.82) is 0 Å². The number of nitrogens with zero attached hydrogens (tertiary/aromatic N) is 1. The van der Waals surface area contributed by atoms with Crippen molar-refractivity contribution in [1.82, 2.24) is 4.47 Å². The first-order chi connectivity index (χ1) is 9.54. The van der Waals surface area contributed by atoms with E-state index in [2.05, 4.69) is 20.1 Å². The van der Waals surface area contributed by atoms with Gasteiger partial charge in [-0.25, -0.2) is 4.21 Å². The first-order valence-electron chi connectivity index (χ1n) is 5.12. The summed E-state index contributed by atoms with van der Waals surface area (Å²) in [4.78, 5) is -0.222. The summed E-state index contributed by atoms with van der Waals surface area (Å²) in [6.07, 6.45) is 0. The summed E-state index contributed by atoms with van der Waals surface area (Å²) in [7, 11) is -7.96. The Balaban J connectivity index is 2.59. The van der Waals surface area contributed by atoms with Gasteiger partial charge in [-0.2, -0.15) is 21.6 Å². The summed E-state index contributed by atoms with van der Waals surface area (Å²) in [5, 5.41) is 10.9. The van der Waals surface area contributed by atoms with E-state index in [-0.39, 0.29) is 4.90 Å². The largest absolute Gasteiger partial charge is 0.774 e. The molecular formula is C9H8BrF3NO5S2-. The van der Waals surface area contributed by atoms with Crippen molar-refractivity contribution in [2.24, 2.45) is 0 Å². The third-order valence-corrected chi connectivity index (χ3v) is 4.80. The molecule has 120 valence electrons. The molecule has 0 aromatic heterocycles. The number of benzene rings is 1. The van der Waals surface area contributed by atoms with Crippen molar-refractivity contribution < 1.29 is 30.0 Å². The normalized spacial score (nSPS) is 14.4. The van der Waals surface area contributed by atoms with Crippen LogP contribution in [0.15, 0.2) is 33.6 Å². The summed E-state index contributed by atoms with van der Waals surface area (Å²) >= 11 is 3.09. The minimum atomic E-state index is -5.20. The summed E-state index contributed by atoms with van der Waals surface area (Å²) in [5.74, 6) is 0. The van der Waals surface area contributed by atoms with Crippen LogP contribution in [0.5, 0.6) is 0 Å². The Labute approximate surface area is 129 Å². The van der Waals surface area contributed by atoms with E-state index in [9.17, 15) is 31.0 Å². The first kappa shape index (κ1) is 18.5. The average Bonchev–Trinajstić information content (AvgIpc) is 2.36. The molecule has 0 aliphatic carbocycles. The Bertz CT molecular complexity index is 605. The van der Waals surface area contributed by atoms with E-state index in [0.29, 0.717) is 4.47 Å². The molecule has 1 aromatic carbocycles. The number of hydrogen-bond acceptors (Lipinski definition) is 5. The van der Waals surface area contributed by atoms with Crippen LogP contribution in [0.2, 0.25) is 0 Å². The van der Waals surface area contributed by atoms with E-state index in [0.717, 1.165) is 0 Å². The van der Waals surface area contributed by atoms with Crippen LogP contribution in [-0.2, 0) is 25.3 Å². The second-order valence-electron chi connectivity index (χ2n) is 3.48. The van der Waals surface area contributed by atoms with Crippen LogP contribution < -0.4 is 0 Å². The molecule has 0 heterocycles. The molecule has 1 rings (SSSR count). The summed E-state index contributed by atoms with van der Waals surface area (Å²) in [5.41, 5.74) is -5.20. The van der Waals surface area contributed by atoms with Crippen molar-refractivity contribution in [3.63, 3.8) is 0 Å². The van der Waals surface area contributed by atoms with E-state index in [4.69, 9.17) is 0 Å². The highest BCUT2D eigenvalue weighted by molar-refractivity contribution is 9.10. The summed E-state index contributed by atoms with van der Waals surface area (Å²) in [6.45, 7) is -1.87. The van der Waals surface area contributed by atoms with Gasteiger partial charge in [-0.15, -0.1) is 0 Å². The van der Waals surface area contributed by atoms with Gasteiger partial charge >= 0.3 is 5.51 Å². The summed E-state index contributed by atoms with van der Waals surface area (Å²) < 4.78 is 74.0. The van der Waals surface area contributed by atoms with Crippen LogP contribution in [0.1, 0.15) is 0 Å². The van der Waals surface area contributed by atoms with E-state index >= 15 is 0 Å². The predicted molar refractivity (Wildman–Crippen MR) is 71.6 cm³/mol. The van der Waals surface area contributed by atoms with Gasteiger partial charge in [0.15, 0.2) is 11.0 Å². The molecule has 0 saturated carbocycles. The van der Waals surface area contributed by atoms with Gasteiger partial charge in [-0.05, 0) is 24.3 Å². The number of rotatable bonds is 6. The molecular weight excluding hydrogens is 403 g/mol. The van der Waals surface area contributed by atoms with Crippen molar-refractivity contribution in [3.8, 4) is 0 Å². The Morgan fingerprint density at radius 1 is 1.29 bits per heavy atom. The molecule has 0 fully saturated rings. The molecule has 0 N–H and O–H groups in total. The lowest BCUT2D eigenvalue weighted by molar-refractivity contribution is -0.0419. The Hall–Kier alpha value is -0.530. The fourth-order valence-corrected chi connectivity index (χ4v) is 2.72. The van der Waals surface area contributed by atoms with Gasteiger partial charge in [0.1, 0.15) is 0 Å². The minimum absolute atomic E-state index is 0.222. The minimum Gasteiger partial charge on any atom is -0.774 e. The van der Waals surface area contributed by atoms with Gasteiger partial charge in [0.05, 0.1) is 11.5 Å². The second-order valence-corrected chi connectivity index (χ2v) is 7.38. The standard InChI is InChI=1S/C9H8BrF3NO5S2/c10-7-1-3-8(4-2-7)21(17,18)19-6-5-14(15)20(16)9(11,12)13/h1-4H,5-6H2/q-1. The van der Waals surface area contributed by atoms with Crippen LogP contribution >= 0.6 is 15.9 Å². The van der Waals surface area contributed by atoms with Gasteiger partial charge in [0.25, 0.3) is 10.1 Å². The number of hydroxylamine groups is 1. The lowest BCUT2D eigenvalue weighted by atomic mass is 10.4. The maximum absolute atomic E-state index is 12.0. The molecule has 1 atom stereocenters. The van der Waals surface area contributed by atoms with Crippen LogP contribution in [0, 0.1) is 5.21 Å².